The van der Waals surface area contributed by atoms with Crippen LogP contribution in [-0.4, -0.2) is 17.2 Å². The molecule has 2 aromatic heterocycles. The van der Waals surface area contributed by atoms with Gasteiger partial charge in [-0.25, -0.2) is 0 Å². The van der Waals surface area contributed by atoms with E-state index in [0.29, 0.717) is 0 Å². The Hall–Kier alpha value is -6.42. The molecule has 3 heteroatoms. The molecule has 55 heavy (non-hydrogen) atoms. The van der Waals surface area contributed by atoms with Gasteiger partial charge >= 0.3 is 0 Å². The Morgan fingerprint density at radius 3 is 1.53 bits per heavy atom. The van der Waals surface area contributed by atoms with Crippen LogP contribution in [-0.2, 0) is 0 Å². The fourth-order valence-corrected chi connectivity index (χ4v) is 15.4. The highest BCUT2D eigenvalue weighted by atomic mass is 28.3. The van der Waals surface area contributed by atoms with Crippen molar-refractivity contribution in [2.45, 2.75) is 25.8 Å². The third-order valence-corrected chi connectivity index (χ3v) is 17.6. The second kappa shape index (κ2) is 12.9. The maximum absolute atomic E-state index is 2.65. The van der Waals surface area contributed by atoms with Gasteiger partial charge in [0.1, 0.15) is 0 Å². The topological polar surface area (TPSA) is 9.86 Å². The van der Waals surface area contributed by atoms with Gasteiger partial charge in [0.05, 0.1) is 22.1 Å². The molecule has 2 nitrogen and oxygen atoms in total. The van der Waals surface area contributed by atoms with E-state index < -0.39 is 8.07 Å². The Morgan fingerprint density at radius 1 is 0.364 bits per heavy atom. The van der Waals surface area contributed by atoms with E-state index in [0.717, 1.165) is 5.69 Å². The minimum atomic E-state index is -2.65. The molecule has 0 atom stereocenters. The Labute approximate surface area is 323 Å². The van der Waals surface area contributed by atoms with E-state index in [4.69, 9.17) is 0 Å². The molecule has 0 aliphatic rings. The van der Waals surface area contributed by atoms with E-state index in [-0.39, 0.29) is 5.04 Å². The molecule has 10 rings (SSSR count). The summed E-state index contributed by atoms with van der Waals surface area (Å²) in [7, 11) is -2.65. The zero-order valence-electron chi connectivity index (χ0n) is 31.4. The number of aromatic nitrogens is 2. The van der Waals surface area contributed by atoms with Gasteiger partial charge in [0, 0.05) is 32.9 Å². The molecule has 0 saturated heterocycles. The van der Waals surface area contributed by atoms with Crippen LogP contribution >= 0.6 is 0 Å². The number of nitrogens with zero attached hydrogens (tertiary/aromatic N) is 2. The molecule has 0 aliphatic heterocycles. The van der Waals surface area contributed by atoms with Gasteiger partial charge in [-0.05, 0) is 80.3 Å². The van der Waals surface area contributed by atoms with E-state index >= 15 is 0 Å². The summed E-state index contributed by atoms with van der Waals surface area (Å²) >= 11 is 0. The number of hydrogen-bond donors (Lipinski definition) is 0. The van der Waals surface area contributed by atoms with Gasteiger partial charge in [0.25, 0.3) is 0 Å². The second-order valence-corrected chi connectivity index (χ2v) is 20.4. The number of para-hydroxylation sites is 2. The summed E-state index contributed by atoms with van der Waals surface area (Å²) in [5.74, 6) is 0. The summed E-state index contributed by atoms with van der Waals surface area (Å²) in [6.45, 7) is 7.36. The lowest BCUT2D eigenvalue weighted by molar-refractivity contribution is 0.740. The van der Waals surface area contributed by atoms with Crippen molar-refractivity contribution >= 4 is 67.2 Å². The zero-order chi connectivity index (χ0) is 37.1. The summed E-state index contributed by atoms with van der Waals surface area (Å²) in [6, 6.07) is 74.3. The summed E-state index contributed by atoms with van der Waals surface area (Å²) in [4.78, 5) is 0. The molecule has 8 aromatic carbocycles. The molecule has 0 fully saturated rings. The van der Waals surface area contributed by atoms with Gasteiger partial charge in [0.2, 0.25) is 0 Å². The summed E-state index contributed by atoms with van der Waals surface area (Å²) in [6.07, 6.45) is 0. The fraction of sp³-hybridized carbons (Fsp3) is 0.0769. The molecule has 0 spiro atoms. The van der Waals surface area contributed by atoms with Crippen molar-refractivity contribution in [2.24, 2.45) is 0 Å². The van der Waals surface area contributed by atoms with Gasteiger partial charge in [-0.2, -0.15) is 0 Å². The highest BCUT2D eigenvalue weighted by Crippen LogP contribution is 2.41. The predicted octanol–water partition coefficient (Wildman–Crippen LogP) is 11.8. The lowest BCUT2D eigenvalue weighted by Crippen LogP contribution is -2.72. The predicted molar refractivity (Wildman–Crippen MR) is 238 cm³/mol. The lowest BCUT2D eigenvalue weighted by Gasteiger charge is -2.45. The maximum atomic E-state index is 2.51. The molecule has 0 radical (unpaired) electrons. The van der Waals surface area contributed by atoms with E-state index in [1.807, 2.05) is 0 Å². The number of rotatable bonds is 6. The molecule has 0 saturated carbocycles. The van der Waals surface area contributed by atoms with Crippen LogP contribution in [0.25, 0.3) is 66.1 Å². The minimum Gasteiger partial charge on any atom is -0.309 e. The Kier molecular flexibility index (Phi) is 7.76. The van der Waals surface area contributed by atoms with Crippen LogP contribution < -0.4 is 15.6 Å². The van der Waals surface area contributed by atoms with Crippen LogP contribution in [0.5, 0.6) is 0 Å². The van der Waals surface area contributed by atoms with E-state index in [1.165, 1.54) is 76.0 Å². The SMILES string of the molecule is CC(C)(C)[Si](c1ccccc1)(c1ccccc1)c1cccc2c1c1ccccc1n2-c1ccc2c(c1)c1ccccc1n2-c1cccc(-c2ccccc2)c1. The Morgan fingerprint density at radius 2 is 0.855 bits per heavy atom. The third kappa shape index (κ3) is 5.07. The third-order valence-electron chi connectivity index (χ3n) is 11.8. The van der Waals surface area contributed by atoms with Crippen LogP contribution in [0.3, 0.4) is 0 Å². The monoisotopic (exact) mass is 722 g/mol. The smallest absolute Gasteiger partial charge is 0.154 e. The Balaban J connectivity index is 1.25. The molecule has 0 aliphatic carbocycles. The zero-order valence-corrected chi connectivity index (χ0v) is 32.4. The van der Waals surface area contributed by atoms with E-state index in [1.54, 1.807) is 0 Å². The highest BCUT2D eigenvalue weighted by molar-refractivity contribution is 7.14. The summed E-state index contributed by atoms with van der Waals surface area (Å²) in [5, 5.41) is 9.43. The standard InChI is InChI=1S/C52H42N2Si/c1-52(2,3)55(41-23-9-5-10-24-41,42-25-11-6-12-26-42)50-32-18-31-49-51(50)44-28-14-16-30-47(44)54(49)40-33-34-48-45(36-40)43-27-13-15-29-46(43)53(48)39-22-17-21-38(35-39)37-19-7-4-8-20-37/h4-36H,1-3H3. The van der Waals surface area contributed by atoms with Crippen molar-refractivity contribution < 1.29 is 0 Å². The lowest BCUT2D eigenvalue weighted by atomic mass is 10.1. The van der Waals surface area contributed by atoms with Crippen LogP contribution in [0.1, 0.15) is 20.8 Å². The highest BCUT2D eigenvalue weighted by Gasteiger charge is 2.50. The molecule has 2 heterocycles. The van der Waals surface area contributed by atoms with Gasteiger partial charge < -0.3 is 9.13 Å². The number of fused-ring (bicyclic) bond motifs is 6. The molecule has 0 bridgehead atoms. The minimum absolute atomic E-state index is 0.0360. The first kappa shape index (κ1) is 33.2. The van der Waals surface area contributed by atoms with Crippen molar-refractivity contribution in [1.82, 2.24) is 9.13 Å². The van der Waals surface area contributed by atoms with Crippen molar-refractivity contribution in [1.29, 1.82) is 0 Å². The first-order valence-corrected chi connectivity index (χ1v) is 21.3. The normalized spacial score (nSPS) is 12.3. The molecule has 264 valence electrons. The van der Waals surface area contributed by atoms with Crippen molar-refractivity contribution in [3.05, 3.63) is 200 Å². The van der Waals surface area contributed by atoms with Crippen LogP contribution in [0.2, 0.25) is 5.04 Å². The first-order valence-electron chi connectivity index (χ1n) is 19.3. The number of hydrogen-bond acceptors (Lipinski definition) is 0. The average molecular weight is 723 g/mol. The largest absolute Gasteiger partial charge is 0.309 e. The average Bonchev–Trinajstić information content (AvgIpc) is 3.75. The van der Waals surface area contributed by atoms with Crippen molar-refractivity contribution in [3.63, 3.8) is 0 Å². The second-order valence-electron chi connectivity index (χ2n) is 15.8. The fourth-order valence-electron chi connectivity index (χ4n) is 9.57. The van der Waals surface area contributed by atoms with Gasteiger partial charge in [0.15, 0.2) is 8.07 Å². The van der Waals surface area contributed by atoms with Crippen LogP contribution in [0, 0.1) is 0 Å². The molecule has 0 N–H and O–H groups in total. The molecular formula is C52H42N2Si. The van der Waals surface area contributed by atoms with Crippen molar-refractivity contribution in [3.8, 4) is 22.5 Å². The molecule has 10 aromatic rings. The van der Waals surface area contributed by atoms with Gasteiger partial charge in [-0.1, -0.05) is 172 Å². The maximum Gasteiger partial charge on any atom is 0.154 e. The van der Waals surface area contributed by atoms with Crippen LogP contribution in [0.15, 0.2) is 200 Å². The first-order chi connectivity index (χ1) is 26.9. The molecule has 0 amide bonds. The van der Waals surface area contributed by atoms with Crippen molar-refractivity contribution in [2.75, 3.05) is 0 Å². The molecule has 0 unspecified atom stereocenters. The summed E-state index contributed by atoms with van der Waals surface area (Å²) < 4.78 is 4.93. The molecular weight excluding hydrogens is 681 g/mol. The van der Waals surface area contributed by atoms with Gasteiger partial charge in [-0.3, -0.25) is 0 Å². The quantitative estimate of drug-likeness (QED) is 0.119. The van der Waals surface area contributed by atoms with E-state index in [2.05, 4.69) is 230 Å². The van der Waals surface area contributed by atoms with Gasteiger partial charge in [-0.15, -0.1) is 0 Å². The number of benzene rings is 8. The van der Waals surface area contributed by atoms with Crippen LogP contribution in [0.4, 0.5) is 0 Å². The Bertz CT molecular complexity index is 2960. The van der Waals surface area contributed by atoms with E-state index in [9.17, 15) is 0 Å². The summed E-state index contributed by atoms with van der Waals surface area (Å²) in [5.41, 5.74) is 9.62.